The lowest BCUT2D eigenvalue weighted by Crippen LogP contribution is -2.10. The molecule has 52 heavy (non-hydrogen) atoms. The van der Waals surface area contributed by atoms with Gasteiger partial charge >= 0.3 is 0 Å². The number of hydrogen-bond donors (Lipinski definition) is 0. The Morgan fingerprint density at radius 1 is 0.365 bits per heavy atom. The maximum absolute atomic E-state index is 6.78. The molecule has 10 rings (SSSR count). The van der Waals surface area contributed by atoms with Crippen LogP contribution in [-0.4, -0.2) is 0 Å². The average Bonchev–Trinajstić information content (AvgIpc) is 3.55. The molecule has 0 fully saturated rings. The van der Waals surface area contributed by atoms with Gasteiger partial charge in [-0.1, -0.05) is 83.9 Å². The Morgan fingerprint density at radius 3 is 1.56 bits per heavy atom. The highest BCUT2D eigenvalue weighted by Gasteiger charge is 2.26. The molecule has 0 saturated heterocycles. The van der Waals surface area contributed by atoms with Crippen molar-refractivity contribution in [3.8, 4) is 22.6 Å². The van der Waals surface area contributed by atoms with Crippen LogP contribution in [0.1, 0.15) is 11.1 Å². The second kappa shape index (κ2) is 11.9. The van der Waals surface area contributed by atoms with Crippen molar-refractivity contribution < 1.29 is 9.15 Å². The van der Waals surface area contributed by atoms with Crippen LogP contribution in [-0.2, 0) is 0 Å². The maximum Gasteiger partial charge on any atom is 0.137 e. The van der Waals surface area contributed by atoms with E-state index in [9.17, 15) is 0 Å². The van der Waals surface area contributed by atoms with Crippen molar-refractivity contribution in [2.24, 2.45) is 0 Å². The molecule has 8 aromatic carbocycles. The van der Waals surface area contributed by atoms with Gasteiger partial charge < -0.3 is 19.0 Å². The zero-order chi connectivity index (χ0) is 34.8. The van der Waals surface area contributed by atoms with Gasteiger partial charge in [0.05, 0.1) is 0 Å². The fourth-order valence-corrected chi connectivity index (χ4v) is 7.65. The van der Waals surface area contributed by atoms with Crippen LogP contribution in [0, 0.1) is 13.8 Å². The lowest BCUT2D eigenvalue weighted by atomic mass is 9.92. The third-order valence-electron chi connectivity index (χ3n) is 10.1. The van der Waals surface area contributed by atoms with Crippen LogP contribution >= 0.6 is 0 Å². The lowest BCUT2D eigenvalue weighted by Gasteiger charge is -2.28. The first-order valence-electron chi connectivity index (χ1n) is 17.7. The van der Waals surface area contributed by atoms with E-state index in [4.69, 9.17) is 9.15 Å². The largest absolute Gasteiger partial charge is 0.456 e. The maximum atomic E-state index is 6.78. The molecule has 0 unspecified atom stereocenters. The van der Waals surface area contributed by atoms with E-state index in [0.29, 0.717) is 0 Å². The standard InChI is InChI=1S/C48H34N2O2/c1-31-16-20-35(21-17-31)49(33-10-5-3-6-11-33)37-24-26-39-42-30-46-47(41-14-9-15-43(48(41)42)51-44(39)28-37)40-27-25-38(29-45(40)52-46)50(34-12-7-4-8-13-34)36-22-18-32(2)19-23-36/h3-30H,1-2H3. The fraction of sp³-hybridized carbons (Fsp3) is 0.0417. The van der Waals surface area contributed by atoms with E-state index < -0.39 is 0 Å². The Morgan fingerprint density at radius 2 is 0.923 bits per heavy atom. The first-order chi connectivity index (χ1) is 25.6. The summed E-state index contributed by atoms with van der Waals surface area (Å²) in [4.78, 5) is 4.55. The van der Waals surface area contributed by atoms with Crippen molar-refractivity contribution in [3.63, 3.8) is 0 Å². The molecule has 0 bridgehead atoms. The molecule has 1 aliphatic heterocycles. The number of furan rings is 1. The van der Waals surface area contributed by atoms with Gasteiger partial charge in [0.2, 0.25) is 0 Å². The van der Waals surface area contributed by atoms with Gasteiger partial charge in [0.15, 0.2) is 0 Å². The van der Waals surface area contributed by atoms with Gasteiger partial charge in [-0.15, -0.1) is 0 Å². The molecule has 1 aliphatic rings. The normalized spacial score (nSPS) is 11.8. The third kappa shape index (κ3) is 4.91. The average molecular weight is 671 g/mol. The Hall–Kier alpha value is -6.78. The molecular formula is C48H34N2O2. The second-order valence-electron chi connectivity index (χ2n) is 13.6. The van der Waals surface area contributed by atoms with E-state index in [-0.39, 0.29) is 0 Å². The number of aryl methyl sites for hydroxylation is 2. The predicted octanol–water partition coefficient (Wildman–Crippen LogP) is 14.1. The number of benzene rings is 8. The van der Waals surface area contributed by atoms with Crippen LogP contribution in [0.3, 0.4) is 0 Å². The summed E-state index contributed by atoms with van der Waals surface area (Å²) in [5, 5.41) is 4.40. The molecular weight excluding hydrogens is 637 g/mol. The zero-order valence-electron chi connectivity index (χ0n) is 28.9. The van der Waals surface area contributed by atoms with Crippen LogP contribution in [0.25, 0.3) is 43.8 Å². The van der Waals surface area contributed by atoms with Crippen LogP contribution in [0.5, 0.6) is 11.5 Å². The van der Waals surface area contributed by atoms with E-state index in [1.54, 1.807) is 0 Å². The third-order valence-corrected chi connectivity index (χ3v) is 10.1. The monoisotopic (exact) mass is 670 g/mol. The number of ether oxygens (including phenoxy) is 1. The van der Waals surface area contributed by atoms with Gasteiger partial charge in [0.1, 0.15) is 22.7 Å². The molecule has 0 amide bonds. The summed E-state index contributed by atoms with van der Waals surface area (Å²) in [5.41, 5.74) is 12.7. The van der Waals surface area contributed by atoms with Gasteiger partial charge in [-0.2, -0.15) is 0 Å². The first-order valence-corrected chi connectivity index (χ1v) is 17.7. The van der Waals surface area contributed by atoms with Crippen LogP contribution < -0.4 is 14.5 Å². The lowest BCUT2D eigenvalue weighted by molar-refractivity contribution is 0.487. The summed E-state index contributed by atoms with van der Waals surface area (Å²) in [7, 11) is 0. The van der Waals surface area contributed by atoms with Crippen molar-refractivity contribution in [1.82, 2.24) is 0 Å². The molecule has 248 valence electrons. The summed E-state index contributed by atoms with van der Waals surface area (Å²) >= 11 is 0. The topological polar surface area (TPSA) is 28.9 Å². The molecule has 0 saturated carbocycles. The summed E-state index contributed by atoms with van der Waals surface area (Å²) < 4.78 is 13.5. The number of nitrogens with zero attached hydrogens (tertiary/aromatic N) is 2. The van der Waals surface area contributed by atoms with E-state index in [0.717, 1.165) is 89.5 Å². The second-order valence-corrected chi connectivity index (χ2v) is 13.6. The van der Waals surface area contributed by atoms with Crippen molar-refractivity contribution in [2.75, 3.05) is 9.80 Å². The van der Waals surface area contributed by atoms with Gasteiger partial charge in [0.25, 0.3) is 0 Å². The fourth-order valence-electron chi connectivity index (χ4n) is 7.65. The van der Waals surface area contributed by atoms with Crippen molar-refractivity contribution in [3.05, 3.63) is 181 Å². The predicted molar refractivity (Wildman–Crippen MR) is 216 cm³/mol. The van der Waals surface area contributed by atoms with Crippen LogP contribution in [0.15, 0.2) is 174 Å². The van der Waals surface area contributed by atoms with E-state index in [2.05, 4.69) is 187 Å². The summed E-state index contributed by atoms with van der Waals surface area (Å²) in [6.45, 7) is 4.23. The highest BCUT2D eigenvalue weighted by molar-refractivity contribution is 6.24. The summed E-state index contributed by atoms with van der Waals surface area (Å²) in [6.07, 6.45) is 0. The minimum absolute atomic E-state index is 0.819. The highest BCUT2D eigenvalue weighted by Crippen LogP contribution is 2.52. The summed E-state index contributed by atoms with van der Waals surface area (Å²) in [5.74, 6) is 1.67. The van der Waals surface area contributed by atoms with Gasteiger partial charge in [-0.3, -0.25) is 0 Å². The molecule has 4 heteroatoms. The number of hydrogen-bond acceptors (Lipinski definition) is 4. The molecule has 0 radical (unpaired) electrons. The molecule has 2 heterocycles. The summed E-state index contributed by atoms with van der Waals surface area (Å²) in [6, 6.07) is 59.9. The Bertz CT molecular complexity index is 2770. The van der Waals surface area contributed by atoms with E-state index in [1.807, 2.05) is 6.07 Å². The molecule has 0 spiro atoms. The van der Waals surface area contributed by atoms with Gasteiger partial charge in [-0.05, 0) is 104 Å². The minimum atomic E-state index is 0.819. The number of para-hydroxylation sites is 2. The van der Waals surface area contributed by atoms with Crippen molar-refractivity contribution in [1.29, 1.82) is 0 Å². The van der Waals surface area contributed by atoms with E-state index in [1.165, 1.54) is 11.1 Å². The molecule has 9 aromatic rings. The highest BCUT2D eigenvalue weighted by atomic mass is 16.5. The quantitative estimate of drug-likeness (QED) is 0.176. The van der Waals surface area contributed by atoms with Crippen LogP contribution in [0.4, 0.5) is 34.1 Å². The smallest absolute Gasteiger partial charge is 0.137 e. The Balaban J connectivity index is 1.12. The Labute approximate surface area is 302 Å². The molecule has 0 aliphatic carbocycles. The number of rotatable bonds is 6. The molecule has 1 aromatic heterocycles. The first kappa shape index (κ1) is 30.1. The molecule has 0 atom stereocenters. The van der Waals surface area contributed by atoms with E-state index >= 15 is 0 Å². The molecule has 0 N–H and O–H groups in total. The van der Waals surface area contributed by atoms with Crippen molar-refractivity contribution in [2.45, 2.75) is 13.8 Å². The number of fused-ring (bicyclic) bond motifs is 6. The molecule has 4 nitrogen and oxygen atoms in total. The van der Waals surface area contributed by atoms with Gasteiger partial charge in [0, 0.05) is 73.5 Å². The SMILES string of the molecule is Cc1ccc(N(c2ccccc2)c2ccc3c(c2)Oc2cccc4c2c-3cc2oc3cc(N(c5ccccc5)c5ccc(C)cc5)ccc3c24)cc1. The minimum Gasteiger partial charge on any atom is -0.456 e. The van der Waals surface area contributed by atoms with Gasteiger partial charge in [-0.25, -0.2) is 0 Å². The van der Waals surface area contributed by atoms with Crippen LogP contribution in [0.2, 0.25) is 0 Å². The zero-order valence-corrected chi connectivity index (χ0v) is 28.9. The van der Waals surface area contributed by atoms with Crippen molar-refractivity contribution >= 4 is 66.8 Å². The number of anilines is 6. The Kier molecular flexibility index (Phi) is 6.90.